The first-order valence-corrected chi connectivity index (χ1v) is 7.54. The third-order valence-electron chi connectivity index (χ3n) is 3.16. The first-order chi connectivity index (χ1) is 9.69. The number of halogens is 2. The average molecular weight is 399 g/mol. The Hall–Kier alpha value is -1.08. The van der Waals surface area contributed by atoms with Crippen molar-refractivity contribution in [2.75, 3.05) is 0 Å². The molecule has 0 aliphatic heterocycles. The van der Waals surface area contributed by atoms with Crippen molar-refractivity contribution in [3.63, 3.8) is 0 Å². The van der Waals surface area contributed by atoms with Gasteiger partial charge in [-0.1, -0.05) is 29.8 Å². The van der Waals surface area contributed by atoms with E-state index in [0.29, 0.717) is 5.02 Å². The molecule has 0 bridgehead atoms. The van der Waals surface area contributed by atoms with Crippen LogP contribution in [0.2, 0.25) is 5.02 Å². The van der Waals surface area contributed by atoms with Crippen LogP contribution in [0, 0.1) is 3.57 Å². The van der Waals surface area contributed by atoms with Crippen molar-refractivity contribution in [3.8, 4) is 0 Å². The maximum absolute atomic E-state index is 6.08. The van der Waals surface area contributed by atoms with Crippen molar-refractivity contribution in [3.05, 3.63) is 68.4 Å². The van der Waals surface area contributed by atoms with Gasteiger partial charge < -0.3 is 4.42 Å². The molecule has 1 heterocycles. The molecule has 0 saturated carbocycles. The van der Waals surface area contributed by atoms with Gasteiger partial charge in [0.1, 0.15) is 17.4 Å². The fraction of sp³-hybridized carbons (Fsp3) is 0.0667. The molecule has 3 N–H and O–H groups in total. The third-order valence-corrected chi connectivity index (χ3v) is 4.38. The van der Waals surface area contributed by atoms with E-state index in [2.05, 4.69) is 28.0 Å². The highest BCUT2D eigenvalue weighted by molar-refractivity contribution is 14.1. The Morgan fingerprint density at radius 2 is 1.95 bits per heavy atom. The summed E-state index contributed by atoms with van der Waals surface area (Å²) in [6.45, 7) is 0. The molecule has 0 aliphatic rings. The topological polar surface area (TPSA) is 51.2 Å². The quantitative estimate of drug-likeness (QED) is 0.394. The number of hydrogen-bond acceptors (Lipinski definition) is 3. The van der Waals surface area contributed by atoms with Gasteiger partial charge in [-0.25, -0.2) is 5.43 Å². The number of hydrogen-bond donors (Lipinski definition) is 2. The zero-order chi connectivity index (χ0) is 14.1. The van der Waals surface area contributed by atoms with Crippen molar-refractivity contribution in [2.24, 2.45) is 5.84 Å². The standard InChI is InChI=1S/C15H12ClIN2O/c16-10-5-6-12(17)11(8-10)15(19-18)14-7-9-3-1-2-4-13(9)20-14/h1-8,15,19H,18H2. The number of nitrogens with two attached hydrogens (primary N) is 1. The van der Waals surface area contributed by atoms with E-state index >= 15 is 0 Å². The molecule has 3 nitrogen and oxygen atoms in total. The minimum absolute atomic E-state index is 0.229. The molecule has 5 heteroatoms. The van der Waals surface area contributed by atoms with Crippen LogP contribution in [0.3, 0.4) is 0 Å². The van der Waals surface area contributed by atoms with Gasteiger partial charge in [0.2, 0.25) is 0 Å². The lowest BCUT2D eigenvalue weighted by Gasteiger charge is -2.15. The van der Waals surface area contributed by atoms with Crippen LogP contribution in [-0.4, -0.2) is 0 Å². The maximum atomic E-state index is 6.08. The summed E-state index contributed by atoms with van der Waals surface area (Å²) in [6, 6.07) is 15.4. The van der Waals surface area contributed by atoms with E-state index in [1.165, 1.54) is 0 Å². The Morgan fingerprint density at radius 1 is 1.15 bits per heavy atom. The number of fused-ring (bicyclic) bond motifs is 1. The molecule has 1 unspecified atom stereocenters. The number of para-hydroxylation sites is 1. The van der Waals surface area contributed by atoms with Crippen LogP contribution in [0.15, 0.2) is 52.9 Å². The third kappa shape index (κ3) is 2.56. The van der Waals surface area contributed by atoms with Gasteiger partial charge in [0, 0.05) is 14.0 Å². The van der Waals surface area contributed by atoms with Crippen LogP contribution >= 0.6 is 34.2 Å². The summed E-state index contributed by atoms with van der Waals surface area (Å²) >= 11 is 8.35. The molecule has 0 fully saturated rings. The van der Waals surface area contributed by atoms with E-state index in [0.717, 1.165) is 25.9 Å². The monoisotopic (exact) mass is 398 g/mol. The predicted octanol–water partition coefficient (Wildman–Crippen LogP) is 4.24. The van der Waals surface area contributed by atoms with Crippen LogP contribution in [-0.2, 0) is 0 Å². The van der Waals surface area contributed by atoms with Gasteiger partial charge in [0.05, 0.1) is 0 Å². The van der Waals surface area contributed by atoms with Crippen LogP contribution in [0.25, 0.3) is 11.0 Å². The van der Waals surface area contributed by atoms with Crippen molar-refractivity contribution in [1.29, 1.82) is 0 Å². The molecular formula is C15H12ClIN2O. The lowest BCUT2D eigenvalue weighted by molar-refractivity contribution is 0.476. The fourth-order valence-corrected chi connectivity index (χ4v) is 3.03. The van der Waals surface area contributed by atoms with Gasteiger partial charge in [-0.3, -0.25) is 5.84 Å². The van der Waals surface area contributed by atoms with Crippen LogP contribution in [0.5, 0.6) is 0 Å². The van der Waals surface area contributed by atoms with E-state index in [-0.39, 0.29) is 6.04 Å². The molecule has 1 aromatic heterocycles. The fourth-order valence-electron chi connectivity index (χ4n) is 2.21. The molecule has 1 atom stereocenters. The zero-order valence-electron chi connectivity index (χ0n) is 10.4. The maximum Gasteiger partial charge on any atom is 0.134 e. The lowest BCUT2D eigenvalue weighted by Crippen LogP contribution is -2.29. The van der Waals surface area contributed by atoms with Crippen molar-refractivity contribution >= 4 is 45.2 Å². The molecule has 2 aromatic carbocycles. The Morgan fingerprint density at radius 3 is 2.70 bits per heavy atom. The summed E-state index contributed by atoms with van der Waals surface area (Å²) in [5.41, 5.74) is 4.65. The highest BCUT2D eigenvalue weighted by Crippen LogP contribution is 2.31. The summed E-state index contributed by atoms with van der Waals surface area (Å²) in [7, 11) is 0. The number of nitrogens with one attached hydrogen (secondary N) is 1. The summed E-state index contributed by atoms with van der Waals surface area (Å²) in [5.74, 6) is 6.49. The second-order valence-corrected chi connectivity index (χ2v) is 6.05. The van der Waals surface area contributed by atoms with E-state index in [4.69, 9.17) is 21.9 Å². The smallest absolute Gasteiger partial charge is 0.134 e. The summed E-state index contributed by atoms with van der Waals surface area (Å²) in [6.07, 6.45) is 0. The van der Waals surface area contributed by atoms with E-state index in [1.54, 1.807) is 0 Å². The molecule has 0 amide bonds. The second-order valence-electron chi connectivity index (χ2n) is 4.45. The normalized spacial score (nSPS) is 12.8. The summed E-state index contributed by atoms with van der Waals surface area (Å²) < 4.78 is 6.96. The number of benzene rings is 2. The highest BCUT2D eigenvalue weighted by Gasteiger charge is 2.19. The van der Waals surface area contributed by atoms with Crippen molar-refractivity contribution in [2.45, 2.75) is 6.04 Å². The molecule has 102 valence electrons. The average Bonchev–Trinajstić information content (AvgIpc) is 2.87. The lowest BCUT2D eigenvalue weighted by atomic mass is 10.1. The number of rotatable bonds is 3. The SMILES string of the molecule is NNC(c1cc2ccccc2o1)c1cc(Cl)ccc1I. The second kappa shape index (κ2) is 5.73. The zero-order valence-corrected chi connectivity index (χ0v) is 13.4. The van der Waals surface area contributed by atoms with Gasteiger partial charge >= 0.3 is 0 Å². The van der Waals surface area contributed by atoms with E-state index in [9.17, 15) is 0 Å². The molecule has 0 saturated heterocycles. The van der Waals surface area contributed by atoms with E-state index < -0.39 is 0 Å². The Labute approximate surface area is 135 Å². The minimum atomic E-state index is -0.229. The number of hydrazine groups is 1. The highest BCUT2D eigenvalue weighted by atomic mass is 127. The van der Waals surface area contributed by atoms with Crippen molar-refractivity contribution in [1.82, 2.24) is 5.43 Å². The molecule has 20 heavy (non-hydrogen) atoms. The van der Waals surface area contributed by atoms with Gasteiger partial charge in [-0.05, 0) is 58.5 Å². The van der Waals surface area contributed by atoms with Crippen LogP contribution < -0.4 is 11.3 Å². The largest absolute Gasteiger partial charge is 0.459 e. The van der Waals surface area contributed by atoms with Crippen molar-refractivity contribution < 1.29 is 4.42 Å². The molecule has 0 spiro atoms. The van der Waals surface area contributed by atoms with E-state index in [1.807, 2.05) is 48.5 Å². The Balaban J connectivity index is 2.11. The van der Waals surface area contributed by atoms with Gasteiger partial charge in [0.15, 0.2) is 0 Å². The number of furan rings is 1. The Kier molecular flexibility index (Phi) is 3.98. The minimum Gasteiger partial charge on any atom is -0.459 e. The van der Waals surface area contributed by atoms with Gasteiger partial charge in [-0.2, -0.15) is 0 Å². The van der Waals surface area contributed by atoms with Crippen LogP contribution in [0.4, 0.5) is 0 Å². The molecule has 0 radical (unpaired) electrons. The Bertz CT molecular complexity index is 723. The first-order valence-electron chi connectivity index (χ1n) is 6.08. The summed E-state index contributed by atoms with van der Waals surface area (Å²) in [4.78, 5) is 0. The first kappa shape index (κ1) is 13.9. The molecule has 3 aromatic rings. The van der Waals surface area contributed by atoms with Gasteiger partial charge in [0.25, 0.3) is 0 Å². The summed E-state index contributed by atoms with van der Waals surface area (Å²) in [5, 5.41) is 1.73. The molecule has 0 aliphatic carbocycles. The van der Waals surface area contributed by atoms with Crippen LogP contribution in [0.1, 0.15) is 17.4 Å². The van der Waals surface area contributed by atoms with Gasteiger partial charge in [-0.15, -0.1) is 0 Å². The molecule has 3 rings (SSSR count). The predicted molar refractivity (Wildman–Crippen MR) is 89.5 cm³/mol. The molecular weight excluding hydrogens is 387 g/mol.